The van der Waals surface area contributed by atoms with Gasteiger partial charge in [-0.3, -0.25) is 10.1 Å². The molecule has 0 amide bonds. The molecular weight excluding hydrogens is 442 g/mol. The minimum Gasteiger partial charge on any atom is -0.546 e. The zero-order chi connectivity index (χ0) is 21.4. The first kappa shape index (κ1) is 25.8. The van der Waals surface area contributed by atoms with Gasteiger partial charge in [-0.05, 0) is 41.1 Å². The molecule has 0 atom stereocenters. The Morgan fingerprint density at radius 1 is 0.938 bits per heavy atom. The van der Waals surface area contributed by atoms with E-state index in [1.807, 2.05) is 0 Å². The van der Waals surface area contributed by atoms with Crippen LogP contribution in [-0.2, 0) is 9.59 Å². The van der Waals surface area contributed by atoms with Crippen LogP contribution in [0.5, 0.6) is 5.75 Å². The molecule has 0 aliphatic carbocycles. The molecule has 0 saturated heterocycles. The van der Waals surface area contributed by atoms with Crippen molar-refractivity contribution in [3.63, 3.8) is 0 Å². The average Bonchev–Trinajstić information content (AvgIpc) is 3.14. The van der Waals surface area contributed by atoms with Gasteiger partial charge in [0.05, 0.1) is 22.9 Å². The molecule has 0 N–H and O–H groups in total. The molecule has 1 heterocycles. The topological polar surface area (TPSA) is 159 Å². The van der Waals surface area contributed by atoms with E-state index in [-0.39, 0.29) is 82.0 Å². The molecule has 0 aliphatic rings. The quantitative estimate of drug-likeness (QED) is 0.121. The number of nitro benzene ring substituents is 1. The number of carboxylic acids is 2. The maximum absolute atomic E-state index is 10.9. The number of ether oxygens (including phenoxy) is 1. The van der Waals surface area contributed by atoms with Crippen molar-refractivity contribution in [3.8, 4) is 17.2 Å². The molecule has 32 heavy (non-hydrogen) atoms. The number of aliphatic carboxylic acids is 2. The Hall–Kier alpha value is -2.47. The van der Waals surface area contributed by atoms with Gasteiger partial charge < -0.3 is 29.0 Å². The zero-order valence-electron chi connectivity index (χ0n) is 16.9. The number of rotatable bonds is 6. The minimum atomic E-state index is -2.23. The molecule has 3 aromatic carbocycles. The van der Waals surface area contributed by atoms with E-state index in [1.165, 1.54) is 30.3 Å². The molecule has 1 aromatic heterocycles. The number of carboxylic acid groups (broad SMARTS) is 2. The van der Waals surface area contributed by atoms with Crippen LogP contribution in [0.4, 0.5) is 5.69 Å². The Bertz CT molecular complexity index is 1320. The van der Waals surface area contributed by atoms with Crippen molar-refractivity contribution >= 4 is 39.5 Å². The molecule has 0 spiro atoms. The van der Waals surface area contributed by atoms with Crippen LogP contribution in [0.3, 0.4) is 0 Å². The number of nitro groups is 1. The van der Waals surface area contributed by atoms with Gasteiger partial charge in [0.2, 0.25) is 5.89 Å². The van der Waals surface area contributed by atoms with Crippen LogP contribution >= 0.6 is 0 Å². The Morgan fingerprint density at radius 3 is 2.25 bits per heavy atom. The molecule has 0 aliphatic heterocycles. The van der Waals surface area contributed by atoms with E-state index < -0.39 is 23.0 Å². The summed E-state index contributed by atoms with van der Waals surface area (Å²) in [6.45, 7) is 0. The van der Waals surface area contributed by atoms with Gasteiger partial charge in [-0.15, -0.1) is 0 Å². The van der Waals surface area contributed by atoms with Gasteiger partial charge in [-0.1, -0.05) is 12.1 Å². The van der Waals surface area contributed by atoms with Gasteiger partial charge in [0.15, 0.2) is 11.7 Å². The molecule has 0 bridgehead atoms. The summed E-state index contributed by atoms with van der Waals surface area (Å²) in [5, 5.41) is 33.9. The Labute approximate surface area is 223 Å². The van der Waals surface area contributed by atoms with Crippen molar-refractivity contribution in [1.82, 2.24) is 4.98 Å². The summed E-state index contributed by atoms with van der Waals surface area (Å²) < 4.78 is 10.6. The minimum absolute atomic E-state index is 0. The monoisotopic (exact) mass is 452 g/mol. The zero-order valence-corrected chi connectivity index (χ0v) is 20.9. The molecule has 12 heteroatoms. The van der Waals surface area contributed by atoms with E-state index in [2.05, 4.69) is 4.98 Å². The number of hydrogen-bond acceptors (Lipinski definition) is 9. The van der Waals surface area contributed by atoms with Gasteiger partial charge in [-0.2, -0.15) is 0 Å². The van der Waals surface area contributed by atoms with Crippen LogP contribution in [0.1, 0.15) is 0 Å². The summed E-state index contributed by atoms with van der Waals surface area (Å²) in [5.41, 5.74) is 1.24. The van der Waals surface area contributed by atoms with Crippen molar-refractivity contribution in [2.75, 3.05) is 0 Å². The summed E-state index contributed by atoms with van der Waals surface area (Å²) in [7, 11) is 0. The van der Waals surface area contributed by atoms with Crippen molar-refractivity contribution in [2.45, 2.75) is 6.10 Å². The Morgan fingerprint density at radius 2 is 1.59 bits per heavy atom. The summed E-state index contributed by atoms with van der Waals surface area (Å²) in [4.78, 5) is 36.4. The predicted octanol–water partition coefficient (Wildman–Crippen LogP) is -5.19. The number of oxazole rings is 1. The van der Waals surface area contributed by atoms with Crippen LogP contribution in [0.25, 0.3) is 33.3 Å². The largest absolute Gasteiger partial charge is 1.00 e. The second kappa shape index (κ2) is 10.4. The number of hydrogen-bond donors (Lipinski definition) is 0. The number of carbonyl (C=O) groups excluding carboxylic acids is 2. The Kier molecular flexibility index (Phi) is 8.41. The molecule has 4 aromatic rings. The molecular formula is C20H10N2Na2O8. The summed E-state index contributed by atoms with van der Waals surface area (Å²) in [6, 6.07) is 13.7. The van der Waals surface area contributed by atoms with Crippen molar-refractivity contribution < 1.29 is 93.0 Å². The fourth-order valence-electron chi connectivity index (χ4n) is 2.91. The number of benzene rings is 3. The van der Waals surface area contributed by atoms with E-state index in [4.69, 9.17) is 9.15 Å². The van der Waals surface area contributed by atoms with E-state index in [0.29, 0.717) is 21.9 Å². The number of aromatic nitrogens is 1. The van der Waals surface area contributed by atoms with Crippen LogP contribution in [0.15, 0.2) is 59.0 Å². The number of non-ortho nitro benzene ring substituents is 1. The van der Waals surface area contributed by atoms with Gasteiger partial charge >= 0.3 is 59.1 Å². The third-order valence-corrected chi connectivity index (χ3v) is 4.32. The van der Waals surface area contributed by atoms with Crippen molar-refractivity contribution in [3.05, 3.63) is 64.7 Å². The molecule has 0 unspecified atom stereocenters. The van der Waals surface area contributed by atoms with Gasteiger partial charge in [0, 0.05) is 11.6 Å². The summed E-state index contributed by atoms with van der Waals surface area (Å²) >= 11 is 0. The number of nitrogens with zero attached hydrogens (tertiary/aromatic N) is 2. The van der Waals surface area contributed by atoms with Gasteiger partial charge in [0.1, 0.15) is 11.3 Å². The molecule has 150 valence electrons. The van der Waals surface area contributed by atoms with E-state index in [0.717, 1.165) is 0 Å². The second-order valence-corrected chi connectivity index (χ2v) is 6.29. The smallest absolute Gasteiger partial charge is 0.546 e. The fourth-order valence-corrected chi connectivity index (χ4v) is 2.91. The first-order chi connectivity index (χ1) is 14.3. The molecule has 0 fully saturated rings. The Balaban J connectivity index is 0.00000181. The van der Waals surface area contributed by atoms with Crippen molar-refractivity contribution in [1.29, 1.82) is 0 Å². The molecule has 0 radical (unpaired) electrons. The van der Waals surface area contributed by atoms with E-state index >= 15 is 0 Å². The summed E-state index contributed by atoms with van der Waals surface area (Å²) in [5.74, 6) is -3.55. The van der Waals surface area contributed by atoms with E-state index in [1.54, 1.807) is 24.3 Å². The number of fused-ring (bicyclic) bond motifs is 2. The SMILES string of the molecule is O=C([O-])C(Oc1ccc2cc(-c3nc4ccc([N+](=O)[O-])cc4o3)ccc2c1)C(=O)[O-].[Na+].[Na+]. The third-order valence-electron chi connectivity index (χ3n) is 4.32. The number of carbonyl (C=O) groups is 2. The molecule has 0 saturated carbocycles. The molecule has 4 rings (SSSR count). The van der Waals surface area contributed by atoms with Crippen LogP contribution in [-0.4, -0.2) is 27.9 Å². The van der Waals surface area contributed by atoms with E-state index in [9.17, 15) is 29.9 Å². The average molecular weight is 452 g/mol. The third kappa shape index (κ3) is 5.29. The first-order valence-electron chi connectivity index (χ1n) is 8.49. The van der Waals surface area contributed by atoms with Crippen molar-refractivity contribution in [2.24, 2.45) is 0 Å². The first-order valence-corrected chi connectivity index (χ1v) is 8.49. The van der Waals surface area contributed by atoms with Gasteiger partial charge in [-0.25, -0.2) is 4.98 Å². The maximum atomic E-state index is 10.9. The van der Waals surface area contributed by atoms with Gasteiger partial charge in [0.25, 0.3) is 5.69 Å². The van der Waals surface area contributed by atoms with Crippen LogP contribution < -0.4 is 74.1 Å². The normalized spacial score (nSPS) is 10.4. The second-order valence-electron chi connectivity index (χ2n) is 6.29. The molecule has 10 nitrogen and oxygen atoms in total. The maximum Gasteiger partial charge on any atom is 1.00 e. The summed E-state index contributed by atoms with van der Waals surface area (Å²) in [6.07, 6.45) is -2.23. The van der Waals surface area contributed by atoms with Crippen LogP contribution in [0, 0.1) is 10.1 Å². The fraction of sp³-hybridized carbons (Fsp3) is 0.0500. The standard InChI is InChI=1S/C20H12N2O8.2Na/c23-19(24)17(20(25)26)29-14-5-3-10-7-12(2-1-11(10)8-14)18-21-15-6-4-13(22(27)28)9-16(15)30-18;;/h1-9,17H,(H,23,24)(H,25,26);;/q;2*+1/p-2. The predicted molar refractivity (Wildman–Crippen MR) is 98.0 cm³/mol. The van der Waals surface area contributed by atoms with Crippen LogP contribution in [0.2, 0.25) is 0 Å².